The molecule has 1 heterocycles. The highest BCUT2D eigenvalue weighted by Crippen LogP contribution is 2.36. The Kier molecular flexibility index (Phi) is 3.95. The van der Waals surface area contributed by atoms with Crippen molar-refractivity contribution in [3.63, 3.8) is 0 Å². The number of methoxy groups -OCH3 is 1. The van der Waals surface area contributed by atoms with Gasteiger partial charge in [0, 0.05) is 9.58 Å². The van der Waals surface area contributed by atoms with E-state index in [0.717, 1.165) is 17.7 Å². The predicted octanol–water partition coefficient (Wildman–Crippen LogP) is 5.43. The van der Waals surface area contributed by atoms with E-state index in [1.165, 1.54) is 15.0 Å². The van der Waals surface area contributed by atoms with Gasteiger partial charge in [-0.15, -0.1) is 22.9 Å². The molecule has 0 amide bonds. The maximum Gasteiger partial charge on any atom is 0.122 e. The normalized spacial score (nSPS) is 12.5. The van der Waals surface area contributed by atoms with Crippen LogP contribution >= 0.6 is 22.9 Å². The van der Waals surface area contributed by atoms with Crippen molar-refractivity contribution >= 4 is 33.0 Å². The summed E-state index contributed by atoms with van der Waals surface area (Å²) < 4.78 is 6.67. The molecule has 0 aliphatic rings. The van der Waals surface area contributed by atoms with Crippen molar-refractivity contribution in [2.45, 2.75) is 11.8 Å². The predicted molar refractivity (Wildman–Crippen MR) is 87.1 cm³/mol. The third-order valence-corrected chi connectivity index (χ3v) is 5.09. The molecule has 20 heavy (non-hydrogen) atoms. The summed E-state index contributed by atoms with van der Waals surface area (Å²) in [4.78, 5) is 1.21. The zero-order valence-electron chi connectivity index (χ0n) is 11.2. The number of thiophene rings is 1. The largest absolute Gasteiger partial charge is 0.496 e. The van der Waals surface area contributed by atoms with Crippen molar-refractivity contribution in [2.24, 2.45) is 0 Å². The average molecular weight is 303 g/mol. The lowest BCUT2D eigenvalue weighted by atomic mass is 10.1. The van der Waals surface area contributed by atoms with Gasteiger partial charge in [-0.2, -0.15) is 0 Å². The molecule has 0 N–H and O–H groups in total. The Hall–Kier alpha value is -1.51. The van der Waals surface area contributed by atoms with Gasteiger partial charge in [0.2, 0.25) is 0 Å². The first kappa shape index (κ1) is 13.5. The zero-order valence-corrected chi connectivity index (χ0v) is 12.7. The Morgan fingerprint density at radius 1 is 1.10 bits per heavy atom. The third kappa shape index (κ3) is 2.67. The summed E-state index contributed by atoms with van der Waals surface area (Å²) in [6.07, 6.45) is 0.776. The molecule has 1 unspecified atom stereocenters. The van der Waals surface area contributed by atoms with Crippen LogP contribution in [0.5, 0.6) is 5.75 Å². The topological polar surface area (TPSA) is 9.23 Å². The minimum Gasteiger partial charge on any atom is -0.496 e. The van der Waals surface area contributed by atoms with Gasteiger partial charge < -0.3 is 4.74 Å². The Labute approximate surface area is 127 Å². The number of para-hydroxylation sites is 1. The number of halogens is 1. The maximum atomic E-state index is 6.60. The summed E-state index contributed by atoms with van der Waals surface area (Å²) in [5.74, 6) is 0.902. The maximum absolute atomic E-state index is 6.60. The van der Waals surface area contributed by atoms with E-state index < -0.39 is 0 Å². The molecule has 102 valence electrons. The molecule has 0 aliphatic heterocycles. The first-order valence-corrected chi connectivity index (χ1v) is 7.77. The average Bonchev–Trinajstić information content (AvgIpc) is 2.92. The molecule has 1 atom stereocenters. The first-order chi connectivity index (χ1) is 9.78. The van der Waals surface area contributed by atoms with Crippen molar-refractivity contribution in [1.29, 1.82) is 0 Å². The van der Waals surface area contributed by atoms with Crippen LogP contribution in [0.2, 0.25) is 0 Å². The van der Waals surface area contributed by atoms with Crippen LogP contribution in [0.15, 0.2) is 54.6 Å². The zero-order chi connectivity index (χ0) is 13.9. The summed E-state index contributed by atoms with van der Waals surface area (Å²) in [7, 11) is 1.70. The number of alkyl halides is 1. The summed E-state index contributed by atoms with van der Waals surface area (Å²) in [5.41, 5.74) is 1.15. The van der Waals surface area contributed by atoms with Crippen LogP contribution in [0.3, 0.4) is 0 Å². The third-order valence-electron chi connectivity index (χ3n) is 3.34. The van der Waals surface area contributed by atoms with Gasteiger partial charge >= 0.3 is 0 Å². The van der Waals surface area contributed by atoms with Crippen LogP contribution in [-0.4, -0.2) is 7.11 Å². The highest BCUT2D eigenvalue weighted by Gasteiger charge is 2.14. The number of ether oxygens (including phenoxy) is 1. The molecule has 0 fully saturated rings. The van der Waals surface area contributed by atoms with Gasteiger partial charge in [-0.3, -0.25) is 0 Å². The van der Waals surface area contributed by atoms with Crippen molar-refractivity contribution < 1.29 is 4.74 Å². The summed E-state index contributed by atoms with van der Waals surface area (Å²) >= 11 is 8.36. The molecule has 0 bridgehead atoms. The van der Waals surface area contributed by atoms with E-state index in [4.69, 9.17) is 16.3 Å². The van der Waals surface area contributed by atoms with Crippen LogP contribution < -0.4 is 4.74 Å². The van der Waals surface area contributed by atoms with Crippen LogP contribution in [0.1, 0.15) is 15.8 Å². The van der Waals surface area contributed by atoms with Crippen LogP contribution in [-0.2, 0) is 6.42 Å². The van der Waals surface area contributed by atoms with E-state index in [-0.39, 0.29) is 5.38 Å². The van der Waals surface area contributed by atoms with E-state index >= 15 is 0 Å². The fraction of sp³-hybridized carbons (Fsp3) is 0.176. The smallest absolute Gasteiger partial charge is 0.122 e. The fourth-order valence-corrected chi connectivity index (χ4v) is 3.73. The standard InChI is InChI=1S/C17H15ClOS/c1-19-15-8-4-2-6-12(15)10-14(18)17-11-13-7-3-5-9-16(13)20-17/h2-9,11,14H,10H2,1H3. The van der Waals surface area contributed by atoms with Gasteiger partial charge in [0.15, 0.2) is 0 Å². The SMILES string of the molecule is COc1ccccc1CC(Cl)c1cc2ccccc2s1. The van der Waals surface area contributed by atoms with Gasteiger partial charge in [-0.1, -0.05) is 36.4 Å². The summed E-state index contributed by atoms with van der Waals surface area (Å²) in [6, 6.07) is 18.6. The quantitative estimate of drug-likeness (QED) is 0.584. The number of hydrogen-bond acceptors (Lipinski definition) is 2. The van der Waals surface area contributed by atoms with Crippen molar-refractivity contribution in [3.05, 3.63) is 65.0 Å². The van der Waals surface area contributed by atoms with Gasteiger partial charge in [0.1, 0.15) is 5.75 Å². The second-order valence-corrected chi connectivity index (χ2v) is 6.31. The van der Waals surface area contributed by atoms with Crippen molar-refractivity contribution in [1.82, 2.24) is 0 Å². The van der Waals surface area contributed by atoms with Gasteiger partial charge in [0.25, 0.3) is 0 Å². The minimum absolute atomic E-state index is 0.0244. The van der Waals surface area contributed by atoms with Crippen molar-refractivity contribution in [3.8, 4) is 5.75 Å². The highest BCUT2D eigenvalue weighted by atomic mass is 35.5. The van der Waals surface area contributed by atoms with E-state index in [1.807, 2.05) is 18.2 Å². The molecular weight excluding hydrogens is 288 g/mol. The van der Waals surface area contributed by atoms with E-state index in [9.17, 15) is 0 Å². The molecule has 1 aromatic heterocycles. The number of fused-ring (bicyclic) bond motifs is 1. The second kappa shape index (κ2) is 5.86. The Morgan fingerprint density at radius 2 is 1.85 bits per heavy atom. The Balaban J connectivity index is 1.87. The molecule has 0 saturated heterocycles. The second-order valence-electron chi connectivity index (χ2n) is 4.67. The Bertz CT molecular complexity index is 687. The molecule has 1 nitrogen and oxygen atoms in total. The Morgan fingerprint density at radius 3 is 2.65 bits per heavy atom. The lowest BCUT2D eigenvalue weighted by molar-refractivity contribution is 0.409. The molecule has 0 spiro atoms. The fourth-order valence-electron chi connectivity index (χ4n) is 2.32. The van der Waals surface area contributed by atoms with Gasteiger partial charge in [0.05, 0.1) is 12.5 Å². The number of benzene rings is 2. The summed E-state index contributed by atoms with van der Waals surface area (Å²) in [6.45, 7) is 0. The molecule has 3 aromatic rings. The molecule has 3 rings (SSSR count). The molecule has 0 aliphatic carbocycles. The molecule has 0 radical (unpaired) electrons. The van der Waals surface area contributed by atoms with Gasteiger partial charge in [-0.25, -0.2) is 0 Å². The number of rotatable bonds is 4. The first-order valence-electron chi connectivity index (χ1n) is 6.52. The molecular formula is C17H15ClOS. The van der Waals surface area contributed by atoms with E-state index in [2.05, 4.69) is 36.4 Å². The van der Waals surface area contributed by atoms with Crippen LogP contribution in [0.4, 0.5) is 0 Å². The molecule has 2 aromatic carbocycles. The monoisotopic (exact) mass is 302 g/mol. The van der Waals surface area contributed by atoms with Crippen LogP contribution in [0, 0.1) is 0 Å². The molecule has 0 saturated carbocycles. The van der Waals surface area contributed by atoms with Gasteiger partial charge in [-0.05, 0) is 35.6 Å². The summed E-state index contributed by atoms with van der Waals surface area (Å²) in [5, 5.41) is 1.24. The van der Waals surface area contributed by atoms with E-state index in [1.54, 1.807) is 18.4 Å². The van der Waals surface area contributed by atoms with Crippen molar-refractivity contribution in [2.75, 3.05) is 7.11 Å². The van der Waals surface area contributed by atoms with E-state index in [0.29, 0.717) is 0 Å². The lowest BCUT2D eigenvalue weighted by Crippen LogP contribution is -1.96. The highest BCUT2D eigenvalue weighted by molar-refractivity contribution is 7.19. The molecule has 3 heteroatoms. The lowest BCUT2D eigenvalue weighted by Gasteiger charge is -2.11. The minimum atomic E-state index is -0.0244. The van der Waals surface area contributed by atoms with Crippen LogP contribution in [0.25, 0.3) is 10.1 Å². The number of hydrogen-bond donors (Lipinski definition) is 0.